The van der Waals surface area contributed by atoms with Crippen LogP contribution in [-0.4, -0.2) is 45.1 Å². The molecule has 2 amide bonds. The number of methoxy groups -OCH3 is 1. The highest BCUT2D eigenvalue weighted by Crippen LogP contribution is 2.29. The number of para-hydroxylation sites is 1. The third-order valence-corrected chi connectivity index (χ3v) is 6.32. The van der Waals surface area contributed by atoms with E-state index in [1.165, 1.54) is 0 Å². The van der Waals surface area contributed by atoms with Crippen molar-refractivity contribution in [3.63, 3.8) is 0 Å². The van der Waals surface area contributed by atoms with Gasteiger partial charge in [-0.25, -0.2) is 4.98 Å². The van der Waals surface area contributed by atoms with E-state index in [1.807, 2.05) is 68.4 Å². The van der Waals surface area contributed by atoms with E-state index >= 15 is 0 Å². The van der Waals surface area contributed by atoms with E-state index < -0.39 is 5.92 Å². The Bertz CT molecular complexity index is 1410. The number of aromatic nitrogens is 3. The predicted octanol–water partition coefficient (Wildman–Crippen LogP) is 4.03. The zero-order valence-corrected chi connectivity index (χ0v) is 20.0. The average molecular weight is 470 g/mol. The third-order valence-electron chi connectivity index (χ3n) is 6.32. The van der Waals surface area contributed by atoms with Gasteiger partial charge in [0.05, 0.1) is 18.7 Å². The van der Waals surface area contributed by atoms with E-state index in [-0.39, 0.29) is 18.2 Å². The lowest BCUT2D eigenvalue weighted by atomic mass is 10.1. The minimum absolute atomic E-state index is 0.0161. The Morgan fingerprint density at radius 3 is 2.69 bits per heavy atom. The van der Waals surface area contributed by atoms with Gasteiger partial charge < -0.3 is 15.0 Å². The molecular weight excluding hydrogens is 442 g/mol. The van der Waals surface area contributed by atoms with Crippen molar-refractivity contribution in [3.05, 3.63) is 77.5 Å². The summed E-state index contributed by atoms with van der Waals surface area (Å²) in [7, 11) is 1.62. The van der Waals surface area contributed by atoms with Gasteiger partial charge in [-0.05, 0) is 37.1 Å². The number of hydrogen-bond donors (Lipinski definition) is 1. The smallest absolute Gasteiger partial charge is 0.230 e. The minimum Gasteiger partial charge on any atom is -0.494 e. The number of carbonyl (C=O) groups excluding carboxylic acids is 2. The molecule has 8 heteroatoms. The zero-order valence-electron chi connectivity index (χ0n) is 20.0. The van der Waals surface area contributed by atoms with Crippen LogP contribution in [0.4, 0.5) is 5.82 Å². The lowest BCUT2D eigenvalue weighted by Crippen LogP contribution is -2.28. The molecule has 4 aromatic rings. The van der Waals surface area contributed by atoms with Crippen LogP contribution in [0.25, 0.3) is 16.7 Å². The summed E-state index contributed by atoms with van der Waals surface area (Å²) in [6.45, 7) is 4.76. The number of carbonyl (C=O) groups is 2. The van der Waals surface area contributed by atoms with E-state index in [9.17, 15) is 9.59 Å². The first-order chi connectivity index (χ1) is 16.9. The Balaban J connectivity index is 1.38. The van der Waals surface area contributed by atoms with Crippen molar-refractivity contribution in [2.45, 2.75) is 26.8 Å². The SMILES string of the molecule is COc1cccc2c(C)cc(-n3nc(C)cc3NC(=O)C3CC(=O)N(Cc4ccccc4)C3)nc12. The molecule has 1 N–H and O–H groups in total. The molecule has 0 saturated carbocycles. The second kappa shape index (κ2) is 9.21. The summed E-state index contributed by atoms with van der Waals surface area (Å²) in [4.78, 5) is 32.3. The standard InChI is InChI=1S/C27H27N5O3/c1-17-12-23(28-26-21(17)10-7-11-22(26)35-3)32-24(13-18(2)30-32)29-27(34)20-14-25(33)31(16-20)15-19-8-5-4-6-9-19/h4-13,20H,14-16H2,1-3H3,(H,29,34). The molecule has 8 nitrogen and oxygen atoms in total. The highest BCUT2D eigenvalue weighted by atomic mass is 16.5. The van der Waals surface area contributed by atoms with Crippen molar-refractivity contribution in [1.82, 2.24) is 19.7 Å². The van der Waals surface area contributed by atoms with Crippen LogP contribution in [0.2, 0.25) is 0 Å². The number of hydrogen-bond acceptors (Lipinski definition) is 5. The first-order valence-electron chi connectivity index (χ1n) is 11.6. The van der Waals surface area contributed by atoms with Crippen molar-refractivity contribution in [3.8, 4) is 11.6 Å². The fourth-order valence-electron chi connectivity index (χ4n) is 4.54. The molecule has 1 unspecified atom stereocenters. The second-order valence-corrected chi connectivity index (χ2v) is 8.89. The predicted molar refractivity (Wildman–Crippen MR) is 133 cm³/mol. The third kappa shape index (κ3) is 4.47. The quantitative estimate of drug-likeness (QED) is 0.461. The van der Waals surface area contributed by atoms with Crippen LogP contribution in [0.15, 0.2) is 60.7 Å². The molecule has 1 atom stereocenters. The molecule has 1 aliphatic heterocycles. The average Bonchev–Trinajstić information content (AvgIpc) is 3.41. The Kier molecular flexibility index (Phi) is 5.94. The number of benzene rings is 2. The number of pyridine rings is 1. The molecule has 1 saturated heterocycles. The van der Waals surface area contributed by atoms with Crippen LogP contribution in [-0.2, 0) is 16.1 Å². The van der Waals surface area contributed by atoms with Gasteiger partial charge in [0.15, 0.2) is 5.82 Å². The maximum atomic E-state index is 13.2. The van der Waals surface area contributed by atoms with Crippen LogP contribution in [0.3, 0.4) is 0 Å². The molecule has 178 valence electrons. The highest BCUT2D eigenvalue weighted by Gasteiger charge is 2.34. The molecule has 35 heavy (non-hydrogen) atoms. The summed E-state index contributed by atoms with van der Waals surface area (Å²) in [6.07, 6.45) is 0.191. The zero-order chi connectivity index (χ0) is 24.5. The van der Waals surface area contributed by atoms with E-state index in [2.05, 4.69) is 10.4 Å². The summed E-state index contributed by atoms with van der Waals surface area (Å²) in [5.41, 5.74) is 3.54. The van der Waals surface area contributed by atoms with E-state index in [0.717, 1.165) is 27.7 Å². The van der Waals surface area contributed by atoms with Gasteiger partial charge in [0, 0.05) is 31.0 Å². The lowest BCUT2D eigenvalue weighted by Gasteiger charge is -2.17. The van der Waals surface area contributed by atoms with Gasteiger partial charge in [0.1, 0.15) is 17.1 Å². The molecule has 2 aromatic carbocycles. The van der Waals surface area contributed by atoms with Crippen molar-refractivity contribution in [2.75, 3.05) is 19.0 Å². The monoisotopic (exact) mass is 469 g/mol. The molecule has 5 rings (SSSR count). The summed E-state index contributed by atoms with van der Waals surface area (Å²) in [5.74, 6) is 1.12. The number of anilines is 1. The van der Waals surface area contributed by atoms with Gasteiger partial charge in [-0.1, -0.05) is 42.5 Å². The minimum atomic E-state index is -0.429. The Morgan fingerprint density at radius 1 is 1.11 bits per heavy atom. The topological polar surface area (TPSA) is 89.3 Å². The van der Waals surface area contributed by atoms with E-state index in [4.69, 9.17) is 9.72 Å². The van der Waals surface area contributed by atoms with Gasteiger partial charge in [0.25, 0.3) is 0 Å². The second-order valence-electron chi connectivity index (χ2n) is 8.89. The van der Waals surface area contributed by atoms with Gasteiger partial charge >= 0.3 is 0 Å². The van der Waals surface area contributed by atoms with Crippen LogP contribution in [0, 0.1) is 19.8 Å². The van der Waals surface area contributed by atoms with Crippen LogP contribution in [0.5, 0.6) is 5.75 Å². The molecular formula is C27H27N5O3. The number of rotatable bonds is 6. The number of ether oxygens (including phenoxy) is 1. The van der Waals surface area contributed by atoms with Crippen LogP contribution in [0.1, 0.15) is 23.2 Å². The molecule has 1 fully saturated rings. The molecule has 0 aliphatic carbocycles. The Labute approximate surface area is 203 Å². The van der Waals surface area contributed by atoms with Gasteiger partial charge in [-0.2, -0.15) is 9.78 Å². The van der Waals surface area contributed by atoms with Crippen LogP contribution < -0.4 is 10.1 Å². The highest BCUT2D eigenvalue weighted by molar-refractivity contribution is 5.97. The largest absolute Gasteiger partial charge is 0.494 e. The summed E-state index contributed by atoms with van der Waals surface area (Å²) < 4.78 is 7.13. The molecule has 0 bridgehead atoms. The van der Waals surface area contributed by atoms with Crippen molar-refractivity contribution in [2.24, 2.45) is 5.92 Å². The first-order valence-corrected chi connectivity index (χ1v) is 11.6. The molecule has 0 spiro atoms. The van der Waals surface area contributed by atoms with Crippen molar-refractivity contribution >= 4 is 28.5 Å². The number of aryl methyl sites for hydroxylation is 2. The number of amides is 2. The Hall–Kier alpha value is -4.20. The molecule has 0 radical (unpaired) electrons. The van der Waals surface area contributed by atoms with Gasteiger partial charge in [-0.3, -0.25) is 9.59 Å². The summed E-state index contributed by atoms with van der Waals surface area (Å²) >= 11 is 0. The molecule has 2 aromatic heterocycles. The lowest BCUT2D eigenvalue weighted by molar-refractivity contribution is -0.128. The van der Waals surface area contributed by atoms with Crippen LogP contribution >= 0.6 is 0 Å². The number of likely N-dealkylation sites (tertiary alicyclic amines) is 1. The number of nitrogens with zero attached hydrogens (tertiary/aromatic N) is 4. The first kappa shape index (κ1) is 22.6. The normalized spacial score (nSPS) is 15.6. The fourth-order valence-corrected chi connectivity index (χ4v) is 4.54. The van der Waals surface area contributed by atoms with E-state index in [1.54, 1.807) is 22.8 Å². The van der Waals surface area contributed by atoms with Gasteiger partial charge in [0.2, 0.25) is 11.8 Å². The summed E-state index contributed by atoms with van der Waals surface area (Å²) in [6, 6.07) is 19.3. The van der Waals surface area contributed by atoms with Gasteiger partial charge in [-0.15, -0.1) is 0 Å². The van der Waals surface area contributed by atoms with Crippen molar-refractivity contribution < 1.29 is 14.3 Å². The number of fused-ring (bicyclic) bond motifs is 1. The Morgan fingerprint density at radius 2 is 1.91 bits per heavy atom. The molecule has 1 aliphatic rings. The maximum absolute atomic E-state index is 13.2. The summed E-state index contributed by atoms with van der Waals surface area (Å²) in [5, 5.41) is 8.55. The maximum Gasteiger partial charge on any atom is 0.230 e. The molecule has 3 heterocycles. The van der Waals surface area contributed by atoms with Crippen molar-refractivity contribution in [1.29, 1.82) is 0 Å². The van der Waals surface area contributed by atoms with E-state index in [0.29, 0.717) is 30.5 Å². The number of nitrogens with one attached hydrogen (secondary N) is 1. The fraction of sp³-hybridized carbons (Fsp3) is 0.259.